The van der Waals surface area contributed by atoms with Gasteiger partial charge in [0.1, 0.15) is 5.82 Å². The number of halogens is 1. The molecule has 0 atom stereocenters. The number of rotatable bonds is 6. The minimum Gasteiger partial charge on any atom is -0.344 e. The number of nitrogens with zero attached hydrogens (tertiary/aromatic N) is 4. The van der Waals surface area contributed by atoms with Gasteiger partial charge in [0.2, 0.25) is 0 Å². The lowest BCUT2D eigenvalue weighted by Crippen LogP contribution is -2.22. The van der Waals surface area contributed by atoms with Crippen LogP contribution in [-0.4, -0.2) is 20.4 Å². The van der Waals surface area contributed by atoms with Crippen molar-refractivity contribution in [2.45, 2.75) is 60.4 Å². The maximum absolute atomic E-state index is 13.4. The van der Waals surface area contributed by atoms with Crippen LogP contribution in [0.2, 0.25) is 0 Å². The number of fused-ring (bicyclic) bond motifs is 2. The fourth-order valence-corrected chi connectivity index (χ4v) is 4.59. The van der Waals surface area contributed by atoms with Gasteiger partial charge in [-0.15, -0.1) is 0 Å². The van der Waals surface area contributed by atoms with Crippen LogP contribution in [0.15, 0.2) is 56.8 Å². The SMILES string of the molecule is CCCCc1nc2ccc(Br)cc2c(=O)n1N=Cc1c(C)n(CC(C)(C)C)c2ccccc12. The van der Waals surface area contributed by atoms with Gasteiger partial charge in [0, 0.05) is 39.6 Å². The first-order chi connectivity index (χ1) is 15.7. The number of hydrogen-bond acceptors (Lipinski definition) is 3. The molecule has 5 nitrogen and oxygen atoms in total. The van der Waals surface area contributed by atoms with Gasteiger partial charge >= 0.3 is 0 Å². The maximum Gasteiger partial charge on any atom is 0.282 e. The summed E-state index contributed by atoms with van der Waals surface area (Å²) in [6, 6.07) is 14.0. The Kier molecular flexibility index (Phi) is 6.57. The highest BCUT2D eigenvalue weighted by atomic mass is 79.9. The zero-order chi connectivity index (χ0) is 23.8. The monoisotopic (exact) mass is 506 g/mol. The van der Waals surface area contributed by atoms with Crippen LogP contribution in [0.25, 0.3) is 21.8 Å². The normalized spacial score (nSPS) is 12.4. The standard InChI is InChI=1S/C27H31BrN4O/c1-6-7-12-25-30-23-14-13-19(28)15-21(23)26(33)32(25)29-16-22-18(2)31(17-27(3,4)5)24-11-9-8-10-20(22)24/h8-11,13-16H,6-7,12,17H2,1-5H3. The van der Waals surface area contributed by atoms with Crippen molar-refractivity contribution in [2.24, 2.45) is 10.5 Å². The van der Waals surface area contributed by atoms with E-state index in [0.717, 1.165) is 40.5 Å². The average Bonchev–Trinajstić information content (AvgIpc) is 3.02. The van der Waals surface area contributed by atoms with Crippen LogP contribution in [0.4, 0.5) is 0 Å². The van der Waals surface area contributed by atoms with Crippen molar-refractivity contribution in [3.8, 4) is 0 Å². The number of aromatic nitrogens is 3. The molecule has 0 saturated carbocycles. The van der Waals surface area contributed by atoms with Crippen LogP contribution in [-0.2, 0) is 13.0 Å². The quantitative estimate of drug-likeness (QED) is 0.273. The van der Waals surface area contributed by atoms with E-state index in [0.29, 0.717) is 23.1 Å². The van der Waals surface area contributed by atoms with Gasteiger partial charge in [-0.05, 0) is 43.0 Å². The molecule has 2 heterocycles. The molecule has 4 aromatic rings. The molecule has 0 radical (unpaired) electrons. The summed E-state index contributed by atoms with van der Waals surface area (Å²) in [7, 11) is 0. The number of unbranched alkanes of at least 4 members (excludes halogenated alkanes) is 1. The predicted octanol–water partition coefficient (Wildman–Crippen LogP) is 6.69. The van der Waals surface area contributed by atoms with E-state index in [-0.39, 0.29) is 11.0 Å². The molecule has 0 amide bonds. The molecule has 2 aromatic carbocycles. The molecule has 0 fully saturated rings. The lowest BCUT2D eigenvalue weighted by atomic mass is 9.96. The van der Waals surface area contributed by atoms with Crippen molar-refractivity contribution in [1.29, 1.82) is 0 Å². The van der Waals surface area contributed by atoms with Gasteiger partial charge < -0.3 is 4.57 Å². The molecule has 0 bridgehead atoms. The Bertz CT molecular complexity index is 1410. The van der Waals surface area contributed by atoms with E-state index in [4.69, 9.17) is 10.1 Å². The van der Waals surface area contributed by atoms with Gasteiger partial charge in [-0.2, -0.15) is 9.78 Å². The summed E-state index contributed by atoms with van der Waals surface area (Å²) in [5, 5.41) is 6.42. The topological polar surface area (TPSA) is 52.2 Å². The Labute approximate surface area is 203 Å². The Morgan fingerprint density at radius 2 is 1.88 bits per heavy atom. The fraction of sp³-hybridized carbons (Fsp3) is 0.370. The van der Waals surface area contributed by atoms with Crippen LogP contribution in [0.1, 0.15) is 57.6 Å². The van der Waals surface area contributed by atoms with Crippen molar-refractivity contribution in [3.63, 3.8) is 0 Å². The van der Waals surface area contributed by atoms with E-state index in [2.05, 4.69) is 79.4 Å². The summed E-state index contributed by atoms with van der Waals surface area (Å²) >= 11 is 3.47. The van der Waals surface area contributed by atoms with E-state index in [1.54, 1.807) is 0 Å². The molecule has 4 rings (SSSR count). The summed E-state index contributed by atoms with van der Waals surface area (Å²) in [6.07, 6.45) is 4.52. The van der Waals surface area contributed by atoms with Crippen LogP contribution >= 0.6 is 15.9 Å². The van der Waals surface area contributed by atoms with Gasteiger partial charge in [0.05, 0.1) is 17.1 Å². The number of aryl methyl sites for hydroxylation is 1. The van der Waals surface area contributed by atoms with Crippen molar-refractivity contribution < 1.29 is 0 Å². The maximum atomic E-state index is 13.4. The second kappa shape index (κ2) is 9.26. The second-order valence-corrected chi connectivity index (χ2v) is 10.7. The summed E-state index contributed by atoms with van der Waals surface area (Å²) < 4.78 is 4.69. The van der Waals surface area contributed by atoms with Crippen molar-refractivity contribution in [3.05, 3.63) is 74.4 Å². The fourth-order valence-electron chi connectivity index (χ4n) is 4.22. The number of hydrogen-bond donors (Lipinski definition) is 0. The van der Waals surface area contributed by atoms with E-state index in [1.165, 1.54) is 10.2 Å². The molecule has 0 saturated heterocycles. The highest BCUT2D eigenvalue weighted by Gasteiger charge is 2.18. The molecule has 0 aliphatic heterocycles. The molecule has 0 spiro atoms. The first-order valence-electron chi connectivity index (χ1n) is 11.5. The van der Waals surface area contributed by atoms with Crippen molar-refractivity contribution >= 4 is 44.0 Å². The van der Waals surface area contributed by atoms with Gasteiger partial charge in [-0.1, -0.05) is 68.2 Å². The second-order valence-electron chi connectivity index (χ2n) is 9.82. The molecular weight excluding hydrogens is 476 g/mol. The molecule has 2 aromatic heterocycles. The molecule has 6 heteroatoms. The van der Waals surface area contributed by atoms with Gasteiger partial charge in [0.25, 0.3) is 5.56 Å². The van der Waals surface area contributed by atoms with E-state index in [9.17, 15) is 4.79 Å². The molecule has 33 heavy (non-hydrogen) atoms. The summed E-state index contributed by atoms with van der Waals surface area (Å²) in [6.45, 7) is 11.9. The summed E-state index contributed by atoms with van der Waals surface area (Å²) in [5.41, 5.74) is 4.08. The Balaban J connectivity index is 1.89. The molecule has 0 N–H and O–H groups in total. The minimum atomic E-state index is -0.139. The molecule has 0 aliphatic rings. The molecule has 0 aliphatic carbocycles. The highest BCUT2D eigenvalue weighted by Crippen LogP contribution is 2.28. The first-order valence-corrected chi connectivity index (χ1v) is 12.3. The summed E-state index contributed by atoms with van der Waals surface area (Å²) in [4.78, 5) is 18.2. The predicted molar refractivity (Wildman–Crippen MR) is 141 cm³/mol. The Morgan fingerprint density at radius 3 is 2.61 bits per heavy atom. The van der Waals surface area contributed by atoms with Crippen molar-refractivity contribution in [2.75, 3.05) is 0 Å². The zero-order valence-corrected chi connectivity index (χ0v) is 21.6. The zero-order valence-electron chi connectivity index (χ0n) is 20.0. The highest BCUT2D eigenvalue weighted by molar-refractivity contribution is 9.10. The third-order valence-corrected chi connectivity index (χ3v) is 6.34. The average molecular weight is 507 g/mol. The van der Waals surface area contributed by atoms with Gasteiger partial charge in [0.15, 0.2) is 0 Å². The third kappa shape index (κ3) is 4.81. The van der Waals surface area contributed by atoms with E-state index >= 15 is 0 Å². The van der Waals surface area contributed by atoms with E-state index in [1.807, 2.05) is 24.4 Å². The first kappa shape index (κ1) is 23.4. The van der Waals surface area contributed by atoms with Crippen molar-refractivity contribution in [1.82, 2.24) is 14.2 Å². The van der Waals surface area contributed by atoms with E-state index < -0.39 is 0 Å². The van der Waals surface area contributed by atoms with Gasteiger partial charge in [-0.25, -0.2) is 4.98 Å². The van der Waals surface area contributed by atoms with Gasteiger partial charge in [-0.3, -0.25) is 4.79 Å². The van der Waals surface area contributed by atoms with Crippen LogP contribution < -0.4 is 5.56 Å². The Morgan fingerprint density at radius 1 is 1.12 bits per heavy atom. The molecule has 0 unspecified atom stereocenters. The van der Waals surface area contributed by atoms with Crippen LogP contribution in [0.3, 0.4) is 0 Å². The van der Waals surface area contributed by atoms with Crippen LogP contribution in [0.5, 0.6) is 0 Å². The minimum absolute atomic E-state index is 0.139. The Hall–Kier alpha value is -2.73. The molecule has 172 valence electrons. The lowest BCUT2D eigenvalue weighted by Gasteiger charge is -2.21. The largest absolute Gasteiger partial charge is 0.344 e. The number of benzene rings is 2. The molecular formula is C27H31BrN4O. The smallest absolute Gasteiger partial charge is 0.282 e. The van der Waals surface area contributed by atoms with Crippen LogP contribution in [0, 0.1) is 12.3 Å². The third-order valence-electron chi connectivity index (χ3n) is 5.84. The number of para-hydroxylation sites is 1. The lowest BCUT2D eigenvalue weighted by molar-refractivity contribution is 0.346. The summed E-state index contributed by atoms with van der Waals surface area (Å²) in [5.74, 6) is 0.698.